The highest BCUT2D eigenvalue weighted by atomic mass is 19.4. The van der Waals surface area contributed by atoms with Crippen molar-refractivity contribution in [1.29, 1.82) is 0 Å². The molecule has 6 heteroatoms. The van der Waals surface area contributed by atoms with Gasteiger partial charge in [0.1, 0.15) is 11.6 Å². The third-order valence-electron chi connectivity index (χ3n) is 2.90. The van der Waals surface area contributed by atoms with Crippen molar-refractivity contribution in [2.24, 2.45) is 5.73 Å². The van der Waals surface area contributed by atoms with Gasteiger partial charge in [0, 0.05) is 5.56 Å². The topological polar surface area (TPSA) is 26.0 Å². The molecule has 0 fully saturated rings. The minimum atomic E-state index is -4.77. The maximum Gasteiger partial charge on any atom is 0.419 e. The first-order valence-corrected chi connectivity index (χ1v) is 5.67. The van der Waals surface area contributed by atoms with E-state index in [2.05, 4.69) is 0 Å². The quantitative estimate of drug-likeness (QED) is 0.829. The van der Waals surface area contributed by atoms with Gasteiger partial charge in [-0.05, 0) is 23.8 Å². The van der Waals surface area contributed by atoms with Crippen LogP contribution in [0.2, 0.25) is 0 Å². The third kappa shape index (κ3) is 2.80. The molecule has 1 unspecified atom stereocenters. The van der Waals surface area contributed by atoms with E-state index in [0.717, 1.165) is 6.07 Å². The Morgan fingerprint density at radius 3 is 2.10 bits per heavy atom. The lowest BCUT2D eigenvalue weighted by atomic mass is 9.98. The van der Waals surface area contributed by atoms with Gasteiger partial charge in [0.2, 0.25) is 0 Å². The summed E-state index contributed by atoms with van der Waals surface area (Å²) in [6.45, 7) is 0. The molecule has 0 saturated carbocycles. The molecule has 2 N–H and O–H groups in total. The lowest BCUT2D eigenvalue weighted by molar-refractivity contribution is -0.140. The Bertz CT molecular complexity index is 621. The number of rotatable bonds is 2. The van der Waals surface area contributed by atoms with E-state index in [9.17, 15) is 22.0 Å². The van der Waals surface area contributed by atoms with Crippen molar-refractivity contribution in [2.75, 3.05) is 0 Å². The van der Waals surface area contributed by atoms with Crippen LogP contribution in [0.25, 0.3) is 0 Å². The number of benzene rings is 2. The van der Waals surface area contributed by atoms with Gasteiger partial charge in [0.25, 0.3) is 0 Å². The predicted octanol–water partition coefficient (Wildman–Crippen LogP) is 4.03. The molecule has 0 aromatic heterocycles. The standard InChI is InChI=1S/C14H10F5N/c15-11-4-2-1-3-9(11)13(20)8-5-6-10(12(16)7-8)14(17,18)19/h1-7,13H,20H2. The minimum absolute atomic E-state index is 0.0700. The van der Waals surface area contributed by atoms with Crippen LogP contribution in [-0.2, 0) is 6.18 Å². The molecule has 2 rings (SSSR count). The second kappa shape index (κ2) is 5.20. The first-order chi connectivity index (χ1) is 9.30. The zero-order valence-corrected chi connectivity index (χ0v) is 10.1. The zero-order valence-electron chi connectivity index (χ0n) is 10.1. The molecule has 0 aliphatic rings. The zero-order chi connectivity index (χ0) is 14.9. The fourth-order valence-corrected chi connectivity index (χ4v) is 1.86. The van der Waals surface area contributed by atoms with Gasteiger partial charge >= 0.3 is 6.18 Å². The monoisotopic (exact) mass is 287 g/mol. The van der Waals surface area contributed by atoms with E-state index in [1.807, 2.05) is 0 Å². The van der Waals surface area contributed by atoms with Crippen LogP contribution >= 0.6 is 0 Å². The van der Waals surface area contributed by atoms with Crippen LogP contribution in [0.4, 0.5) is 22.0 Å². The first kappa shape index (κ1) is 14.5. The van der Waals surface area contributed by atoms with Crippen molar-refractivity contribution in [3.63, 3.8) is 0 Å². The number of hydrogen-bond acceptors (Lipinski definition) is 1. The van der Waals surface area contributed by atoms with Crippen molar-refractivity contribution in [1.82, 2.24) is 0 Å². The smallest absolute Gasteiger partial charge is 0.320 e. The molecule has 106 valence electrons. The first-order valence-electron chi connectivity index (χ1n) is 5.67. The molecule has 2 aromatic rings. The SMILES string of the molecule is NC(c1ccc(C(F)(F)F)c(F)c1)c1ccccc1F. The molecule has 20 heavy (non-hydrogen) atoms. The highest BCUT2D eigenvalue weighted by Gasteiger charge is 2.34. The molecule has 2 aromatic carbocycles. The lowest BCUT2D eigenvalue weighted by Gasteiger charge is -2.15. The van der Waals surface area contributed by atoms with Gasteiger partial charge in [-0.1, -0.05) is 24.3 Å². The fourth-order valence-electron chi connectivity index (χ4n) is 1.86. The highest BCUT2D eigenvalue weighted by Crippen LogP contribution is 2.33. The van der Waals surface area contributed by atoms with E-state index in [1.54, 1.807) is 6.07 Å². The molecule has 0 saturated heterocycles. The number of hydrogen-bond donors (Lipinski definition) is 1. The van der Waals surface area contributed by atoms with E-state index < -0.39 is 29.4 Å². The molecule has 0 aliphatic carbocycles. The molecule has 0 aliphatic heterocycles. The summed E-state index contributed by atoms with van der Waals surface area (Å²) in [6.07, 6.45) is -4.77. The molecule has 0 amide bonds. The Balaban J connectivity index is 2.40. The van der Waals surface area contributed by atoms with Gasteiger partial charge in [-0.25, -0.2) is 8.78 Å². The van der Waals surface area contributed by atoms with Crippen molar-refractivity contribution < 1.29 is 22.0 Å². The highest BCUT2D eigenvalue weighted by molar-refractivity contribution is 5.35. The maximum atomic E-state index is 13.5. The van der Waals surface area contributed by atoms with Crippen molar-refractivity contribution in [2.45, 2.75) is 12.2 Å². The van der Waals surface area contributed by atoms with E-state index in [-0.39, 0.29) is 11.1 Å². The Labute approximate surface area is 111 Å². The Morgan fingerprint density at radius 2 is 1.55 bits per heavy atom. The van der Waals surface area contributed by atoms with Crippen molar-refractivity contribution in [3.05, 3.63) is 70.8 Å². The van der Waals surface area contributed by atoms with E-state index in [4.69, 9.17) is 5.73 Å². The van der Waals surface area contributed by atoms with Crippen LogP contribution in [0.5, 0.6) is 0 Å². The average molecular weight is 287 g/mol. The molecular weight excluding hydrogens is 277 g/mol. The molecule has 0 bridgehead atoms. The van der Waals surface area contributed by atoms with Crippen LogP contribution < -0.4 is 5.73 Å². The predicted molar refractivity (Wildman–Crippen MR) is 63.8 cm³/mol. The summed E-state index contributed by atoms with van der Waals surface area (Å²) in [6, 6.07) is 6.87. The summed E-state index contributed by atoms with van der Waals surface area (Å²) < 4.78 is 64.3. The summed E-state index contributed by atoms with van der Waals surface area (Å²) in [7, 11) is 0. The third-order valence-corrected chi connectivity index (χ3v) is 2.90. The minimum Gasteiger partial charge on any atom is -0.320 e. The van der Waals surface area contributed by atoms with Crippen LogP contribution in [0.15, 0.2) is 42.5 Å². The Morgan fingerprint density at radius 1 is 0.900 bits per heavy atom. The Kier molecular flexibility index (Phi) is 3.76. The second-order valence-electron chi connectivity index (χ2n) is 4.24. The van der Waals surface area contributed by atoms with Crippen LogP contribution in [0, 0.1) is 11.6 Å². The molecule has 1 nitrogen and oxygen atoms in total. The normalized spacial score (nSPS) is 13.3. The van der Waals surface area contributed by atoms with Gasteiger partial charge in [-0.15, -0.1) is 0 Å². The second-order valence-corrected chi connectivity index (χ2v) is 4.24. The lowest BCUT2D eigenvalue weighted by Crippen LogP contribution is -2.15. The van der Waals surface area contributed by atoms with Crippen LogP contribution in [0.1, 0.15) is 22.7 Å². The van der Waals surface area contributed by atoms with Gasteiger partial charge in [0.05, 0.1) is 11.6 Å². The summed E-state index contributed by atoms with van der Waals surface area (Å²) in [5.74, 6) is -2.03. The van der Waals surface area contributed by atoms with E-state index >= 15 is 0 Å². The summed E-state index contributed by atoms with van der Waals surface area (Å²) in [5, 5.41) is 0. The van der Waals surface area contributed by atoms with Gasteiger partial charge in [-0.3, -0.25) is 0 Å². The van der Waals surface area contributed by atoms with Gasteiger partial charge < -0.3 is 5.73 Å². The number of nitrogens with two attached hydrogens (primary N) is 1. The molecule has 0 radical (unpaired) electrons. The Hall–Kier alpha value is -1.95. The number of alkyl halides is 3. The molecule has 0 heterocycles. The molecular formula is C14H10F5N. The summed E-state index contributed by atoms with van der Waals surface area (Å²) >= 11 is 0. The fraction of sp³-hybridized carbons (Fsp3) is 0.143. The van der Waals surface area contributed by atoms with Crippen molar-refractivity contribution >= 4 is 0 Å². The molecule has 0 spiro atoms. The van der Waals surface area contributed by atoms with Crippen LogP contribution in [-0.4, -0.2) is 0 Å². The van der Waals surface area contributed by atoms with E-state index in [0.29, 0.717) is 12.1 Å². The number of halogens is 5. The van der Waals surface area contributed by atoms with Gasteiger partial charge in [-0.2, -0.15) is 13.2 Å². The van der Waals surface area contributed by atoms with E-state index in [1.165, 1.54) is 18.2 Å². The largest absolute Gasteiger partial charge is 0.419 e. The van der Waals surface area contributed by atoms with Gasteiger partial charge in [0.15, 0.2) is 0 Å². The molecule has 1 atom stereocenters. The summed E-state index contributed by atoms with van der Waals surface area (Å²) in [5.41, 5.74) is 4.54. The van der Waals surface area contributed by atoms with Crippen LogP contribution in [0.3, 0.4) is 0 Å². The summed E-state index contributed by atoms with van der Waals surface area (Å²) in [4.78, 5) is 0. The van der Waals surface area contributed by atoms with Crippen molar-refractivity contribution in [3.8, 4) is 0 Å². The maximum absolute atomic E-state index is 13.5. The average Bonchev–Trinajstić information content (AvgIpc) is 2.37.